The molecule has 0 aliphatic rings. The van der Waals surface area contributed by atoms with E-state index in [2.05, 4.69) is 6.92 Å². The lowest BCUT2D eigenvalue weighted by molar-refractivity contribution is -0.118. The Balaban J connectivity index is 2.57. The average molecular weight is 248 g/mol. The molecule has 0 atom stereocenters. The number of carbonyl (C=O) groups excluding carboxylic acids is 1. The van der Waals surface area contributed by atoms with E-state index in [9.17, 15) is 4.79 Å². The second-order valence-electron chi connectivity index (χ2n) is 4.60. The molecule has 1 aromatic carbocycles. The predicted molar refractivity (Wildman–Crippen MR) is 76.5 cm³/mol. The van der Waals surface area contributed by atoms with Crippen molar-refractivity contribution in [1.29, 1.82) is 0 Å². The Labute approximate surface area is 110 Å². The summed E-state index contributed by atoms with van der Waals surface area (Å²) in [7, 11) is 1.83. The highest BCUT2D eigenvalue weighted by atomic mass is 16.2. The predicted octanol–water partition coefficient (Wildman–Crippen LogP) is 3.08. The molecule has 0 aliphatic heterocycles. The van der Waals surface area contributed by atoms with Crippen molar-refractivity contribution in [1.82, 2.24) is 0 Å². The van der Waals surface area contributed by atoms with Crippen LogP contribution < -0.4 is 10.6 Å². The van der Waals surface area contributed by atoms with Gasteiger partial charge in [0.1, 0.15) is 0 Å². The van der Waals surface area contributed by atoms with Crippen LogP contribution in [0.2, 0.25) is 0 Å². The first-order valence-electron chi connectivity index (χ1n) is 6.75. The molecule has 0 aliphatic carbocycles. The SMILES string of the molecule is CCCCCCC(=O)N(C)c1ccccc1CN. The highest BCUT2D eigenvalue weighted by Crippen LogP contribution is 2.19. The van der Waals surface area contributed by atoms with Gasteiger partial charge in [-0.25, -0.2) is 0 Å². The topological polar surface area (TPSA) is 46.3 Å². The van der Waals surface area contributed by atoms with Crippen molar-refractivity contribution < 1.29 is 4.79 Å². The van der Waals surface area contributed by atoms with E-state index in [4.69, 9.17) is 5.73 Å². The Morgan fingerprint density at radius 1 is 1.22 bits per heavy atom. The lowest BCUT2D eigenvalue weighted by Crippen LogP contribution is -2.27. The molecular formula is C15H24N2O. The van der Waals surface area contributed by atoms with Gasteiger partial charge in [-0.3, -0.25) is 4.79 Å². The van der Waals surface area contributed by atoms with Crippen LogP contribution in [0.4, 0.5) is 5.69 Å². The standard InChI is InChI=1S/C15H24N2O/c1-3-4-5-6-11-15(18)17(2)14-10-8-7-9-13(14)12-16/h7-10H,3-6,11-12,16H2,1-2H3. The minimum absolute atomic E-state index is 0.173. The van der Waals surface area contributed by atoms with Gasteiger partial charge in [0, 0.05) is 25.7 Å². The molecule has 0 saturated heterocycles. The maximum absolute atomic E-state index is 12.1. The van der Waals surface area contributed by atoms with Crippen LogP contribution in [-0.4, -0.2) is 13.0 Å². The third kappa shape index (κ3) is 4.15. The fourth-order valence-electron chi connectivity index (χ4n) is 2.02. The van der Waals surface area contributed by atoms with Gasteiger partial charge >= 0.3 is 0 Å². The first-order valence-corrected chi connectivity index (χ1v) is 6.75. The first kappa shape index (κ1) is 14.7. The Kier molecular flexibility index (Phi) is 6.44. The highest BCUT2D eigenvalue weighted by Gasteiger charge is 2.12. The minimum Gasteiger partial charge on any atom is -0.326 e. The Morgan fingerprint density at radius 3 is 2.61 bits per heavy atom. The van der Waals surface area contributed by atoms with Gasteiger partial charge in [0.15, 0.2) is 0 Å². The van der Waals surface area contributed by atoms with Crippen LogP contribution in [0.5, 0.6) is 0 Å². The number of amides is 1. The molecule has 1 amide bonds. The van der Waals surface area contributed by atoms with Gasteiger partial charge in [0.2, 0.25) is 5.91 Å². The van der Waals surface area contributed by atoms with E-state index < -0.39 is 0 Å². The summed E-state index contributed by atoms with van der Waals surface area (Å²) < 4.78 is 0. The third-order valence-corrected chi connectivity index (χ3v) is 3.19. The summed E-state index contributed by atoms with van der Waals surface area (Å²) >= 11 is 0. The van der Waals surface area contributed by atoms with Gasteiger partial charge in [-0.05, 0) is 18.1 Å². The van der Waals surface area contributed by atoms with Gasteiger partial charge in [-0.15, -0.1) is 0 Å². The van der Waals surface area contributed by atoms with Gasteiger partial charge in [0.25, 0.3) is 0 Å². The zero-order valence-corrected chi connectivity index (χ0v) is 11.5. The van der Waals surface area contributed by atoms with Crippen LogP contribution in [0, 0.1) is 0 Å². The molecule has 0 aromatic heterocycles. The summed E-state index contributed by atoms with van der Waals surface area (Å²) in [6.07, 6.45) is 5.13. The summed E-state index contributed by atoms with van der Waals surface area (Å²) in [4.78, 5) is 13.8. The smallest absolute Gasteiger partial charge is 0.226 e. The molecular weight excluding hydrogens is 224 g/mol. The first-order chi connectivity index (χ1) is 8.70. The van der Waals surface area contributed by atoms with Gasteiger partial charge < -0.3 is 10.6 Å². The molecule has 1 rings (SSSR count). The van der Waals surface area contributed by atoms with Crippen LogP contribution in [-0.2, 0) is 11.3 Å². The normalized spacial score (nSPS) is 10.4. The summed E-state index contributed by atoms with van der Waals surface area (Å²) in [5.41, 5.74) is 7.64. The van der Waals surface area contributed by atoms with Crippen molar-refractivity contribution >= 4 is 11.6 Å². The molecule has 0 bridgehead atoms. The number of anilines is 1. The van der Waals surface area contributed by atoms with Crippen LogP contribution in [0.1, 0.15) is 44.6 Å². The summed E-state index contributed by atoms with van der Waals surface area (Å²) in [6.45, 7) is 2.63. The maximum Gasteiger partial charge on any atom is 0.226 e. The second kappa shape index (κ2) is 7.88. The number of nitrogens with zero attached hydrogens (tertiary/aromatic N) is 1. The van der Waals surface area contributed by atoms with Crippen LogP contribution in [0.3, 0.4) is 0 Å². The molecule has 18 heavy (non-hydrogen) atoms. The Morgan fingerprint density at radius 2 is 1.94 bits per heavy atom. The van der Waals surface area contributed by atoms with E-state index in [-0.39, 0.29) is 5.91 Å². The van der Waals surface area contributed by atoms with Crippen LogP contribution >= 0.6 is 0 Å². The Hall–Kier alpha value is -1.35. The minimum atomic E-state index is 0.173. The molecule has 0 radical (unpaired) electrons. The summed E-state index contributed by atoms with van der Waals surface area (Å²) in [5, 5.41) is 0. The maximum atomic E-state index is 12.1. The van der Waals surface area contributed by atoms with Gasteiger partial charge in [-0.1, -0.05) is 44.4 Å². The number of hydrogen-bond donors (Lipinski definition) is 1. The Bertz CT molecular complexity index is 377. The van der Waals surface area contributed by atoms with Crippen molar-refractivity contribution in [3.05, 3.63) is 29.8 Å². The highest BCUT2D eigenvalue weighted by molar-refractivity contribution is 5.93. The quantitative estimate of drug-likeness (QED) is 0.754. The van der Waals surface area contributed by atoms with Gasteiger partial charge in [0.05, 0.1) is 0 Å². The number of rotatable bonds is 7. The van der Waals surface area contributed by atoms with E-state index in [0.29, 0.717) is 13.0 Å². The van der Waals surface area contributed by atoms with E-state index in [1.807, 2.05) is 31.3 Å². The summed E-state index contributed by atoms with van der Waals surface area (Å²) in [5.74, 6) is 0.173. The number of hydrogen-bond acceptors (Lipinski definition) is 2. The largest absolute Gasteiger partial charge is 0.326 e. The second-order valence-corrected chi connectivity index (χ2v) is 4.60. The van der Waals surface area contributed by atoms with Gasteiger partial charge in [-0.2, -0.15) is 0 Å². The molecule has 100 valence electrons. The fourth-order valence-corrected chi connectivity index (χ4v) is 2.02. The van der Waals surface area contributed by atoms with Crippen molar-refractivity contribution in [2.75, 3.05) is 11.9 Å². The van der Waals surface area contributed by atoms with Crippen LogP contribution in [0.25, 0.3) is 0 Å². The molecule has 0 saturated carbocycles. The number of unbranched alkanes of at least 4 members (excludes halogenated alkanes) is 3. The molecule has 0 fully saturated rings. The number of carbonyl (C=O) groups is 1. The molecule has 2 N–H and O–H groups in total. The third-order valence-electron chi connectivity index (χ3n) is 3.19. The van der Waals surface area contributed by atoms with Crippen molar-refractivity contribution in [2.24, 2.45) is 5.73 Å². The van der Waals surface area contributed by atoms with E-state index in [0.717, 1.165) is 24.1 Å². The molecule has 0 spiro atoms. The molecule has 0 unspecified atom stereocenters. The average Bonchev–Trinajstić information content (AvgIpc) is 2.42. The fraction of sp³-hybridized carbons (Fsp3) is 0.533. The van der Waals surface area contributed by atoms with E-state index in [1.165, 1.54) is 12.8 Å². The van der Waals surface area contributed by atoms with Crippen molar-refractivity contribution in [3.63, 3.8) is 0 Å². The van der Waals surface area contributed by atoms with Crippen LogP contribution in [0.15, 0.2) is 24.3 Å². The molecule has 0 heterocycles. The molecule has 3 heteroatoms. The lowest BCUT2D eigenvalue weighted by Gasteiger charge is -2.20. The van der Waals surface area contributed by atoms with E-state index in [1.54, 1.807) is 4.90 Å². The zero-order valence-electron chi connectivity index (χ0n) is 11.5. The zero-order chi connectivity index (χ0) is 13.4. The number of para-hydroxylation sites is 1. The van der Waals surface area contributed by atoms with Crippen molar-refractivity contribution in [2.45, 2.75) is 45.6 Å². The monoisotopic (exact) mass is 248 g/mol. The lowest BCUT2D eigenvalue weighted by atomic mass is 10.1. The van der Waals surface area contributed by atoms with E-state index >= 15 is 0 Å². The molecule has 3 nitrogen and oxygen atoms in total. The summed E-state index contributed by atoms with van der Waals surface area (Å²) in [6, 6.07) is 7.81. The van der Waals surface area contributed by atoms with Crippen molar-refractivity contribution in [3.8, 4) is 0 Å². The molecule has 1 aromatic rings. The number of benzene rings is 1. The number of nitrogens with two attached hydrogens (primary N) is 1.